The van der Waals surface area contributed by atoms with Gasteiger partial charge < -0.3 is 5.73 Å². The fourth-order valence-electron chi connectivity index (χ4n) is 2.03. The molecule has 1 aromatic carbocycles. The SMILES string of the molecule is Cn1ncc2c(=O)n(Cc3ccc(C(N)=S)cc3)nnc21. The van der Waals surface area contributed by atoms with E-state index in [4.69, 9.17) is 18.0 Å². The largest absolute Gasteiger partial charge is 0.389 e. The Hall–Kier alpha value is -2.61. The number of aromatic nitrogens is 5. The minimum atomic E-state index is -0.216. The van der Waals surface area contributed by atoms with Crippen LogP contribution in [-0.4, -0.2) is 29.8 Å². The number of aryl methyl sites for hydroxylation is 1. The molecule has 0 unspecified atom stereocenters. The van der Waals surface area contributed by atoms with Crippen LogP contribution in [0, 0.1) is 0 Å². The molecule has 3 rings (SSSR count). The van der Waals surface area contributed by atoms with E-state index in [1.54, 1.807) is 7.05 Å². The van der Waals surface area contributed by atoms with E-state index in [2.05, 4.69) is 15.4 Å². The monoisotopic (exact) mass is 300 g/mol. The van der Waals surface area contributed by atoms with E-state index in [0.29, 0.717) is 22.6 Å². The van der Waals surface area contributed by atoms with Gasteiger partial charge in [0.1, 0.15) is 10.4 Å². The highest BCUT2D eigenvalue weighted by molar-refractivity contribution is 7.80. The normalized spacial score (nSPS) is 10.9. The van der Waals surface area contributed by atoms with Crippen molar-refractivity contribution >= 4 is 28.2 Å². The molecule has 2 N–H and O–H groups in total. The minimum absolute atomic E-state index is 0.216. The predicted molar refractivity (Wildman–Crippen MR) is 82.0 cm³/mol. The summed E-state index contributed by atoms with van der Waals surface area (Å²) < 4.78 is 2.82. The summed E-state index contributed by atoms with van der Waals surface area (Å²) in [5, 5.41) is 12.4. The summed E-state index contributed by atoms with van der Waals surface area (Å²) in [6, 6.07) is 7.35. The molecule has 0 fully saturated rings. The summed E-state index contributed by atoms with van der Waals surface area (Å²) in [4.78, 5) is 12.6. The molecular formula is C13H12N6OS. The lowest BCUT2D eigenvalue weighted by atomic mass is 10.1. The van der Waals surface area contributed by atoms with Crippen molar-refractivity contribution in [1.29, 1.82) is 0 Å². The van der Waals surface area contributed by atoms with Crippen LogP contribution in [0.15, 0.2) is 35.3 Å². The summed E-state index contributed by atoms with van der Waals surface area (Å²) >= 11 is 4.90. The van der Waals surface area contributed by atoms with Gasteiger partial charge in [-0.1, -0.05) is 41.7 Å². The van der Waals surface area contributed by atoms with Gasteiger partial charge in [0.2, 0.25) is 0 Å². The number of hydrogen-bond donors (Lipinski definition) is 1. The molecule has 0 radical (unpaired) electrons. The van der Waals surface area contributed by atoms with Gasteiger partial charge >= 0.3 is 0 Å². The number of rotatable bonds is 3. The number of fused-ring (bicyclic) bond motifs is 1. The van der Waals surface area contributed by atoms with E-state index >= 15 is 0 Å². The molecule has 0 amide bonds. The number of nitrogens with zero attached hydrogens (tertiary/aromatic N) is 5. The predicted octanol–water partition coefficient (Wildman–Crippen LogP) is 0.207. The smallest absolute Gasteiger partial charge is 0.281 e. The summed E-state index contributed by atoms with van der Waals surface area (Å²) in [6.07, 6.45) is 1.50. The van der Waals surface area contributed by atoms with E-state index in [1.165, 1.54) is 15.6 Å². The van der Waals surface area contributed by atoms with Gasteiger partial charge in [0.15, 0.2) is 5.65 Å². The van der Waals surface area contributed by atoms with Crippen molar-refractivity contribution < 1.29 is 0 Å². The van der Waals surface area contributed by atoms with Gasteiger partial charge in [-0.25, -0.2) is 9.36 Å². The van der Waals surface area contributed by atoms with Crippen LogP contribution in [-0.2, 0) is 13.6 Å². The van der Waals surface area contributed by atoms with Crippen LogP contribution in [0.25, 0.3) is 11.0 Å². The van der Waals surface area contributed by atoms with Gasteiger partial charge in [0, 0.05) is 12.6 Å². The van der Waals surface area contributed by atoms with Crippen LogP contribution in [0.4, 0.5) is 0 Å². The fraction of sp³-hybridized carbons (Fsp3) is 0.154. The van der Waals surface area contributed by atoms with Crippen LogP contribution >= 0.6 is 12.2 Å². The maximum atomic E-state index is 12.3. The van der Waals surface area contributed by atoms with Crippen LogP contribution < -0.4 is 11.3 Å². The maximum absolute atomic E-state index is 12.3. The molecule has 0 bridgehead atoms. The Morgan fingerprint density at radius 3 is 2.71 bits per heavy atom. The molecule has 21 heavy (non-hydrogen) atoms. The lowest BCUT2D eigenvalue weighted by molar-refractivity contribution is 0.595. The first-order valence-electron chi connectivity index (χ1n) is 6.20. The van der Waals surface area contributed by atoms with E-state index in [-0.39, 0.29) is 5.56 Å². The molecule has 0 saturated carbocycles. The maximum Gasteiger partial charge on any atom is 0.281 e. The van der Waals surface area contributed by atoms with Crippen molar-refractivity contribution in [2.45, 2.75) is 6.54 Å². The van der Waals surface area contributed by atoms with Gasteiger partial charge in [0.25, 0.3) is 5.56 Å². The van der Waals surface area contributed by atoms with Crippen molar-refractivity contribution in [2.24, 2.45) is 12.8 Å². The molecule has 7 nitrogen and oxygen atoms in total. The van der Waals surface area contributed by atoms with E-state index in [9.17, 15) is 4.79 Å². The average molecular weight is 300 g/mol. The van der Waals surface area contributed by atoms with Gasteiger partial charge in [-0.05, 0) is 5.56 Å². The van der Waals surface area contributed by atoms with Gasteiger partial charge in [-0.2, -0.15) is 5.10 Å². The molecule has 0 saturated heterocycles. The Morgan fingerprint density at radius 1 is 1.33 bits per heavy atom. The summed E-state index contributed by atoms with van der Waals surface area (Å²) in [6.45, 7) is 0.328. The third-order valence-corrected chi connectivity index (χ3v) is 3.43. The van der Waals surface area contributed by atoms with Crippen LogP contribution in [0.3, 0.4) is 0 Å². The second-order valence-electron chi connectivity index (χ2n) is 4.62. The van der Waals surface area contributed by atoms with Crippen LogP contribution in [0.2, 0.25) is 0 Å². The second kappa shape index (κ2) is 5.06. The Labute approximate surface area is 125 Å². The lowest BCUT2D eigenvalue weighted by Crippen LogP contribution is -2.24. The van der Waals surface area contributed by atoms with Crippen molar-refractivity contribution in [2.75, 3.05) is 0 Å². The van der Waals surface area contributed by atoms with Crippen molar-refractivity contribution in [3.05, 3.63) is 51.9 Å². The Kier molecular flexibility index (Phi) is 3.22. The number of nitrogens with two attached hydrogens (primary N) is 1. The van der Waals surface area contributed by atoms with Crippen molar-refractivity contribution in [3.8, 4) is 0 Å². The highest BCUT2D eigenvalue weighted by atomic mass is 32.1. The van der Waals surface area contributed by atoms with E-state index in [0.717, 1.165) is 11.1 Å². The van der Waals surface area contributed by atoms with E-state index < -0.39 is 0 Å². The standard InChI is InChI=1S/C13H12N6OS/c1-18-12-10(6-15-18)13(20)19(17-16-12)7-8-2-4-9(5-3-8)11(14)21/h2-6H,7H2,1H3,(H2,14,21). The van der Waals surface area contributed by atoms with Crippen molar-refractivity contribution in [3.63, 3.8) is 0 Å². The zero-order valence-corrected chi connectivity index (χ0v) is 12.0. The quantitative estimate of drug-likeness (QED) is 0.695. The van der Waals surface area contributed by atoms with Crippen molar-refractivity contribution in [1.82, 2.24) is 24.8 Å². The molecule has 0 aliphatic carbocycles. The Morgan fingerprint density at radius 2 is 2.05 bits per heavy atom. The molecule has 0 aliphatic rings. The molecule has 106 valence electrons. The van der Waals surface area contributed by atoms with Gasteiger partial charge in [-0.15, -0.1) is 5.10 Å². The van der Waals surface area contributed by atoms with Crippen LogP contribution in [0.1, 0.15) is 11.1 Å². The van der Waals surface area contributed by atoms with Gasteiger partial charge in [0.05, 0.1) is 12.7 Å². The second-order valence-corrected chi connectivity index (χ2v) is 5.06. The third-order valence-electron chi connectivity index (χ3n) is 3.19. The molecular weight excluding hydrogens is 288 g/mol. The molecule has 0 aliphatic heterocycles. The Balaban J connectivity index is 1.96. The molecule has 2 aromatic heterocycles. The van der Waals surface area contributed by atoms with E-state index in [1.807, 2.05) is 24.3 Å². The lowest BCUT2D eigenvalue weighted by Gasteiger charge is -2.05. The molecule has 0 spiro atoms. The summed E-state index contributed by atoms with van der Waals surface area (Å²) in [5.74, 6) is 0. The first-order valence-corrected chi connectivity index (χ1v) is 6.61. The highest BCUT2D eigenvalue weighted by Gasteiger charge is 2.09. The zero-order valence-electron chi connectivity index (χ0n) is 11.2. The fourth-order valence-corrected chi connectivity index (χ4v) is 2.16. The molecule has 0 atom stereocenters. The average Bonchev–Trinajstić information content (AvgIpc) is 2.85. The first-order chi connectivity index (χ1) is 10.1. The highest BCUT2D eigenvalue weighted by Crippen LogP contribution is 2.06. The van der Waals surface area contributed by atoms with Crippen LogP contribution in [0.5, 0.6) is 0 Å². The van der Waals surface area contributed by atoms with Gasteiger partial charge in [-0.3, -0.25) is 4.79 Å². The third kappa shape index (κ3) is 2.40. The molecule has 3 aromatic rings. The molecule has 8 heteroatoms. The Bertz CT molecular complexity index is 880. The number of benzene rings is 1. The number of hydrogen-bond acceptors (Lipinski definition) is 5. The minimum Gasteiger partial charge on any atom is -0.389 e. The number of thiocarbonyl (C=S) groups is 1. The summed E-state index contributed by atoms with van der Waals surface area (Å²) in [7, 11) is 1.72. The zero-order chi connectivity index (χ0) is 15.0. The summed E-state index contributed by atoms with van der Waals surface area (Å²) in [5.41, 5.74) is 7.50. The first kappa shape index (κ1) is 13.4. The topological polar surface area (TPSA) is 91.6 Å². The molecule has 2 heterocycles.